The van der Waals surface area contributed by atoms with Gasteiger partial charge in [0.15, 0.2) is 5.82 Å². The SMILES string of the molecule is C[C@@H](NC(=O)N1C(=O)[C@H](Cc2ccnc(N)c2)[C@H]1C(=O)N(C)c1ccn(C)n1)C1CCCCC1. The third-order valence-electron chi connectivity index (χ3n) is 7.07. The van der Waals surface area contributed by atoms with Crippen LogP contribution in [0, 0.1) is 11.8 Å². The van der Waals surface area contributed by atoms with E-state index < -0.39 is 18.0 Å². The molecule has 182 valence electrons. The van der Waals surface area contributed by atoms with Crippen molar-refractivity contribution in [3.8, 4) is 0 Å². The van der Waals surface area contributed by atoms with Crippen molar-refractivity contribution in [1.82, 2.24) is 25.0 Å². The zero-order chi connectivity index (χ0) is 24.4. The van der Waals surface area contributed by atoms with Crippen LogP contribution >= 0.6 is 0 Å². The van der Waals surface area contributed by atoms with Crippen molar-refractivity contribution in [3.05, 3.63) is 36.2 Å². The first-order valence-corrected chi connectivity index (χ1v) is 11.9. The Hall–Kier alpha value is -3.43. The molecule has 10 nitrogen and oxygen atoms in total. The quantitative estimate of drug-likeness (QED) is 0.627. The summed E-state index contributed by atoms with van der Waals surface area (Å²) in [7, 11) is 3.37. The average molecular weight is 468 g/mol. The number of nitrogen functional groups attached to an aromatic ring is 1. The predicted octanol–water partition coefficient (Wildman–Crippen LogP) is 2.11. The van der Waals surface area contributed by atoms with Gasteiger partial charge in [-0.15, -0.1) is 0 Å². The third-order valence-corrected chi connectivity index (χ3v) is 7.07. The highest BCUT2D eigenvalue weighted by atomic mass is 16.2. The molecule has 2 aromatic rings. The minimum Gasteiger partial charge on any atom is -0.384 e. The fourth-order valence-corrected chi connectivity index (χ4v) is 5.04. The average Bonchev–Trinajstić information content (AvgIpc) is 3.26. The highest BCUT2D eigenvalue weighted by Gasteiger charge is 2.55. The van der Waals surface area contributed by atoms with E-state index in [2.05, 4.69) is 15.4 Å². The van der Waals surface area contributed by atoms with Crippen LogP contribution in [0.4, 0.5) is 16.4 Å². The van der Waals surface area contributed by atoms with Crippen LogP contribution in [0.5, 0.6) is 0 Å². The van der Waals surface area contributed by atoms with Crippen LogP contribution in [-0.2, 0) is 23.1 Å². The number of nitrogens with two attached hydrogens (primary N) is 1. The van der Waals surface area contributed by atoms with Gasteiger partial charge >= 0.3 is 6.03 Å². The number of urea groups is 1. The Morgan fingerprint density at radius 3 is 2.65 bits per heavy atom. The molecule has 1 saturated heterocycles. The first-order chi connectivity index (χ1) is 16.3. The molecule has 3 atom stereocenters. The molecule has 0 spiro atoms. The van der Waals surface area contributed by atoms with Gasteiger partial charge in [-0.1, -0.05) is 19.3 Å². The molecule has 0 aromatic carbocycles. The first kappa shape index (κ1) is 23.7. The summed E-state index contributed by atoms with van der Waals surface area (Å²) in [6.45, 7) is 1.98. The molecular weight excluding hydrogens is 434 g/mol. The molecule has 10 heteroatoms. The zero-order valence-electron chi connectivity index (χ0n) is 20.0. The summed E-state index contributed by atoms with van der Waals surface area (Å²) in [5, 5.41) is 7.27. The van der Waals surface area contributed by atoms with Crippen LogP contribution in [0.3, 0.4) is 0 Å². The van der Waals surface area contributed by atoms with Crippen molar-refractivity contribution < 1.29 is 14.4 Å². The second-order valence-electron chi connectivity index (χ2n) is 9.43. The molecule has 1 saturated carbocycles. The lowest BCUT2D eigenvalue weighted by Crippen LogP contribution is -2.71. The molecule has 2 aliphatic rings. The number of anilines is 2. The molecule has 1 aliphatic heterocycles. The number of nitrogens with zero attached hydrogens (tertiary/aromatic N) is 5. The molecule has 3 N–H and O–H groups in total. The van der Waals surface area contributed by atoms with Crippen LogP contribution in [0.25, 0.3) is 0 Å². The van der Waals surface area contributed by atoms with E-state index in [4.69, 9.17) is 5.73 Å². The van der Waals surface area contributed by atoms with E-state index in [9.17, 15) is 14.4 Å². The zero-order valence-corrected chi connectivity index (χ0v) is 20.0. The van der Waals surface area contributed by atoms with Crippen LogP contribution in [0.1, 0.15) is 44.6 Å². The Kier molecular flexibility index (Phi) is 6.85. The fraction of sp³-hybridized carbons (Fsp3) is 0.542. The molecule has 2 fully saturated rings. The molecule has 0 unspecified atom stereocenters. The van der Waals surface area contributed by atoms with Gasteiger partial charge in [-0.25, -0.2) is 9.78 Å². The summed E-state index contributed by atoms with van der Waals surface area (Å²) < 4.78 is 1.60. The van der Waals surface area contributed by atoms with Gasteiger partial charge in [-0.2, -0.15) is 5.10 Å². The molecule has 0 bridgehead atoms. The van der Waals surface area contributed by atoms with Gasteiger partial charge in [0.2, 0.25) is 5.91 Å². The maximum atomic E-state index is 13.5. The molecule has 1 aliphatic carbocycles. The van der Waals surface area contributed by atoms with Crippen LogP contribution in [0.2, 0.25) is 0 Å². The fourth-order valence-electron chi connectivity index (χ4n) is 5.04. The van der Waals surface area contributed by atoms with Crippen molar-refractivity contribution in [3.63, 3.8) is 0 Å². The molecule has 4 rings (SSSR count). The van der Waals surface area contributed by atoms with E-state index >= 15 is 0 Å². The van der Waals surface area contributed by atoms with E-state index in [1.165, 1.54) is 11.3 Å². The number of likely N-dealkylation sites (tertiary alicyclic amines) is 1. The van der Waals surface area contributed by atoms with Gasteiger partial charge in [0.25, 0.3) is 5.91 Å². The van der Waals surface area contributed by atoms with Crippen molar-refractivity contribution in [2.45, 2.75) is 57.5 Å². The summed E-state index contributed by atoms with van der Waals surface area (Å²) in [5.74, 6) is -0.211. The number of aryl methyl sites for hydroxylation is 1. The molecule has 34 heavy (non-hydrogen) atoms. The second-order valence-corrected chi connectivity index (χ2v) is 9.43. The minimum absolute atomic E-state index is 0.0658. The van der Waals surface area contributed by atoms with Crippen molar-refractivity contribution >= 4 is 29.5 Å². The number of rotatable bonds is 6. The maximum Gasteiger partial charge on any atom is 0.325 e. The lowest BCUT2D eigenvalue weighted by molar-refractivity contribution is -0.156. The van der Waals surface area contributed by atoms with E-state index in [0.29, 0.717) is 24.0 Å². The Bertz CT molecular complexity index is 1060. The summed E-state index contributed by atoms with van der Waals surface area (Å²) >= 11 is 0. The number of amides is 4. The lowest BCUT2D eigenvalue weighted by atomic mass is 9.81. The van der Waals surface area contributed by atoms with Gasteiger partial charge in [-0.3, -0.25) is 24.1 Å². The number of β-lactam (4-membered cyclic amide) rings is 1. The van der Waals surface area contributed by atoms with Gasteiger partial charge in [0.05, 0.1) is 5.92 Å². The lowest BCUT2D eigenvalue weighted by Gasteiger charge is -2.46. The van der Waals surface area contributed by atoms with Gasteiger partial charge in [-0.05, 0) is 49.8 Å². The van der Waals surface area contributed by atoms with E-state index in [1.807, 2.05) is 6.92 Å². The highest BCUT2D eigenvalue weighted by Crippen LogP contribution is 2.33. The monoisotopic (exact) mass is 467 g/mol. The number of likely N-dealkylation sites (N-methyl/N-ethyl adjacent to an activating group) is 1. The Balaban J connectivity index is 1.54. The third kappa shape index (κ3) is 4.76. The highest BCUT2D eigenvalue weighted by molar-refractivity contribution is 6.12. The van der Waals surface area contributed by atoms with Gasteiger partial charge < -0.3 is 11.1 Å². The van der Waals surface area contributed by atoms with E-state index in [0.717, 1.165) is 36.1 Å². The van der Waals surface area contributed by atoms with Crippen LogP contribution in [-0.4, -0.2) is 56.6 Å². The Morgan fingerprint density at radius 1 is 1.26 bits per heavy atom. The number of aromatic nitrogens is 3. The first-order valence-electron chi connectivity index (χ1n) is 11.9. The van der Waals surface area contributed by atoms with E-state index in [-0.39, 0.29) is 17.9 Å². The number of pyridine rings is 1. The number of hydrogen-bond donors (Lipinski definition) is 2. The van der Waals surface area contributed by atoms with Crippen LogP contribution < -0.4 is 16.0 Å². The smallest absolute Gasteiger partial charge is 0.325 e. The predicted molar refractivity (Wildman–Crippen MR) is 128 cm³/mol. The molecule has 2 aromatic heterocycles. The van der Waals surface area contributed by atoms with Crippen molar-refractivity contribution in [2.24, 2.45) is 18.9 Å². The number of carbonyl (C=O) groups is 3. The number of hydrogen-bond acceptors (Lipinski definition) is 6. The van der Waals surface area contributed by atoms with Crippen LogP contribution in [0.15, 0.2) is 30.6 Å². The maximum absolute atomic E-state index is 13.5. The molecule has 3 heterocycles. The van der Waals surface area contributed by atoms with Gasteiger partial charge in [0, 0.05) is 38.6 Å². The normalized spacial score (nSPS) is 21.6. The van der Waals surface area contributed by atoms with E-state index in [1.54, 1.807) is 49.4 Å². The van der Waals surface area contributed by atoms with Crippen molar-refractivity contribution in [2.75, 3.05) is 17.7 Å². The minimum atomic E-state index is -0.924. The Morgan fingerprint density at radius 2 is 2.00 bits per heavy atom. The largest absolute Gasteiger partial charge is 0.384 e. The summed E-state index contributed by atoms with van der Waals surface area (Å²) in [6, 6.07) is 3.66. The van der Waals surface area contributed by atoms with Crippen molar-refractivity contribution in [1.29, 1.82) is 0 Å². The number of imide groups is 1. The Labute approximate surface area is 199 Å². The topological polar surface area (TPSA) is 126 Å². The summed E-state index contributed by atoms with van der Waals surface area (Å²) in [5.41, 5.74) is 6.59. The molecule has 4 amide bonds. The molecular formula is C24H33N7O3. The number of carbonyl (C=O) groups excluding carboxylic acids is 3. The standard InChI is InChI=1S/C24H33N7O3/c1-15(17-7-5-4-6-8-17)27-24(34)31-21(23(33)30(3)20-10-12-29(2)28-20)18(22(31)32)13-16-9-11-26-19(25)14-16/h9-12,14-15,17-18,21H,4-8,13H2,1-3H3,(H2,25,26)(H,27,34)/t15-,18-,21+/m1/s1. The summed E-state index contributed by atoms with van der Waals surface area (Å²) in [4.78, 5) is 46.3. The number of nitrogens with one attached hydrogen (secondary N) is 1. The molecule has 0 radical (unpaired) electrons. The van der Waals surface area contributed by atoms with Gasteiger partial charge in [0.1, 0.15) is 11.9 Å². The second kappa shape index (κ2) is 9.82. The summed E-state index contributed by atoms with van der Waals surface area (Å²) in [6.07, 6.45) is 9.25.